The highest BCUT2D eigenvalue weighted by Gasteiger charge is 2.16. The summed E-state index contributed by atoms with van der Waals surface area (Å²) in [4.78, 5) is 32.4. The van der Waals surface area contributed by atoms with Crippen LogP contribution in [0.3, 0.4) is 0 Å². The van der Waals surface area contributed by atoms with E-state index in [2.05, 4.69) is 21.4 Å². The van der Waals surface area contributed by atoms with E-state index in [9.17, 15) is 14.7 Å². The van der Waals surface area contributed by atoms with Gasteiger partial charge in [0.2, 0.25) is 0 Å². The number of aromatic nitrogens is 5. The first-order valence-corrected chi connectivity index (χ1v) is 12.0. The molecule has 10 nitrogen and oxygen atoms in total. The minimum absolute atomic E-state index is 0.0746. The number of hydrogen-bond donors (Lipinski definition) is 3. The number of imidazole rings is 1. The van der Waals surface area contributed by atoms with Gasteiger partial charge in [0.25, 0.3) is 5.56 Å². The van der Waals surface area contributed by atoms with E-state index < -0.39 is 11.8 Å². The number of aliphatic hydroxyl groups excluding tert-OH is 1. The molecule has 0 aliphatic heterocycles. The third-order valence-corrected chi connectivity index (χ3v) is 6.65. The Morgan fingerprint density at radius 3 is 2.69 bits per heavy atom. The summed E-state index contributed by atoms with van der Waals surface area (Å²) in [6, 6.07) is 14.0. The molecular formula is C26H30N6O4. The quantitative estimate of drug-likeness (QED) is 0.290. The van der Waals surface area contributed by atoms with Crippen molar-refractivity contribution in [2.75, 3.05) is 13.2 Å². The zero-order valence-electron chi connectivity index (χ0n) is 20.6. The molecule has 3 aromatic heterocycles. The molecule has 0 fully saturated rings. The molecule has 0 aliphatic rings. The highest BCUT2D eigenvalue weighted by Crippen LogP contribution is 2.32. The monoisotopic (exact) mass is 490 g/mol. The molecule has 2 atom stereocenters. The molecule has 5 rings (SSSR count). The molecule has 188 valence electrons. The number of para-hydroxylation sites is 1. The lowest BCUT2D eigenvalue weighted by molar-refractivity contribution is 0.104. The lowest BCUT2D eigenvalue weighted by atomic mass is 10.1. The average Bonchev–Trinajstić information content (AvgIpc) is 3.49. The van der Waals surface area contributed by atoms with Gasteiger partial charge in [0.1, 0.15) is 18.5 Å². The third kappa shape index (κ3) is 4.29. The van der Waals surface area contributed by atoms with Crippen molar-refractivity contribution in [2.24, 2.45) is 14.1 Å². The van der Waals surface area contributed by atoms with Crippen molar-refractivity contribution in [3.8, 4) is 5.75 Å². The maximum absolute atomic E-state index is 12.6. The molecule has 0 saturated carbocycles. The fourth-order valence-electron chi connectivity index (χ4n) is 4.57. The van der Waals surface area contributed by atoms with Gasteiger partial charge in [-0.15, -0.1) is 0 Å². The maximum Gasteiger partial charge on any atom is 0.332 e. The number of aromatic amines is 1. The van der Waals surface area contributed by atoms with Crippen LogP contribution in [0.5, 0.6) is 5.75 Å². The number of nitrogens with one attached hydrogen (secondary N) is 2. The van der Waals surface area contributed by atoms with Crippen LogP contribution >= 0.6 is 0 Å². The second kappa shape index (κ2) is 9.63. The average molecular weight is 491 g/mol. The largest absolute Gasteiger partial charge is 0.490 e. The molecule has 0 radical (unpaired) electrons. The molecule has 0 bridgehead atoms. The van der Waals surface area contributed by atoms with Gasteiger partial charge in [0, 0.05) is 49.5 Å². The number of H-pyrrole nitrogens is 1. The molecule has 2 aromatic carbocycles. The number of aliphatic hydroxyl groups is 1. The SMILES string of the molecule is CC(CCn1cnc2c1c(=O)n(C)c(=O)n2C)NCC(O)COc1cccc2[nH]c3ccccc3c12. The Kier molecular flexibility index (Phi) is 6.38. The van der Waals surface area contributed by atoms with E-state index in [-0.39, 0.29) is 18.2 Å². The lowest BCUT2D eigenvalue weighted by Gasteiger charge is -2.18. The Hall–Kier alpha value is -3.89. The molecular weight excluding hydrogens is 460 g/mol. The summed E-state index contributed by atoms with van der Waals surface area (Å²) in [7, 11) is 3.07. The van der Waals surface area contributed by atoms with E-state index in [1.54, 1.807) is 17.9 Å². The first-order chi connectivity index (χ1) is 17.3. The van der Waals surface area contributed by atoms with Crippen LogP contribution in [0, 0.1) is 0 Å². The van der Waals surface area contributed by atoms with Gasteiger partial charge in [0.05, 0.1) is 11.8 Å². The van der Waals surface area contributed by atoms with Crippen LogP contribution in [-0.4, -0.2) is 54.1 Å². The van der Waals surface area contributed by atoms with E-state index in [0.717, 1.165) is 32.1 Å². The van der Waals surface area contributed by atoms with Gasteiger partial charge in [0.15, 0.2) is 11.2 Å². The molecule has 3 heterocycles. The molecule has 3 N–H and O–H groups in total. The summed E-state index contributed by atoms with van der Waals surface area (Å²) in [6.07, 6.45) is 1.61. The summed E-state index contributed by atoms with van der Waals surface area (Å²) in [6.45, 7) is 3.10. The van der Waals surface area contributed by atoms with Gasteiger partial charge in [-0.05, 0) is 31.5 Å². The Balaban J connectivity index is 1.17. The van der Waals surface area contributed by atoms with Gasteiger partial charge < -0.3 is 24.7 Å². The van der Waals surface area contributed by atoms with Crippen molar-refractivity contribution in [1.29, 1.82) is 0 Å². The highest BCUT2D eigenvalue weighted by molar-refractivity contribution is 6.10. The van der Waals surface area contributed by atoms with Crippen LogP contribution in [0.15, 0.2) is 58.4 Å². The highest BCUT2D eigenvalue weighted by atomic mass is 16.5. The van der Waals surface area contributed by atoms with Crippen LogP contribution in [0.4, 0.5) is 0 Å². The summed E-state index contributed by atoms with van der Waals surface area (Å²) in [5, 5.41) is 16.0. The summed E-state index contributed by atoms with van der Waals surface area (Å²) in [5.41, 5.74) is 2.07. The van der Waals surface area contributed by atoms with Crippen LogP contribution in [-0.2, 0) is 20.6 Å². The zero-order valence-corrected chi connectivity index (χ0v) is 20.6. The van der Waals surface area contributed by atoms with Crippen molar-refractivity contribution < 1.29 is 9.84 Å². The molecule has 0 aliphatic carbocycles. The first-order valence-electron chi connectivity index (χ1n) is 12.0. The molecule has 0 amide bonds. The van der Waals surface area contributed by atoms with Crippen LogP contribution in [0.25, 0.3) is 33.0 Å². The minimum Gasteiger partial charge on any atom is -0.490 e. The van der Waals surface area contributed by atoms with Crippen molar-refractivity contribution >= 4 is 33.0 Å². The van der Waals surface area contributed by atoms with Gasteiger partial charge >= 0.3 is 5.69 Å². The van der Waals surface area contributed by atoms with Crippen LogP contribution in [0.2, 0.25) is 0 Å². The Morgan fingerprint density at radius 1 is 1.08 bits per heavy atom. The Morgan fingerprint density at radius 2 is 1.86 bits per heavy atom. The van der Waals surface area contributed by atoms with E-state index in [1.807, 2.05) is 43.3 Å². The predicted molar refractivity (Wildman–Crippen MR) is 140 cm³/mol. The second-order valence-corrected chi connectivity index (χ2v) is 9.23. The summed E-state index contributed by atoms with van der Waals surface area (Å²) >= 11 is 0. The number of aryl methyl sites for hydroxylation is 2. The fourth-order valence-corrected chi connectivity index (χ4v) is 4.57. The van der Waals surface area contributed by atoms with Gasteiger partial charge in [-0.25, -0.2) is 9.78 Å². The minimum atomic E-state index is -0.691. The lowest BCUT2D eigenvalue weighted by Crippen LogP contribution is -2.38. The fraction of sp³-hybridized carbons (Fsp3) is 0.346. The standard InChI is InChI=1S/C26H30N6O4/c1-16(11-12-32-15-28-24-23(32)25(34)31(3)26(35)30(24)2)27-13-17(33)14-36-21-10-6-9-20-22(21)18-7-4-5-8-19(18)29-20/h4-10,15-17,27,29,33H,11-14H2,1-3H3. The normalized spacial score (nSPS) is 13.6. The van der Waals surface area contributed by atoms with Crippen LogP contribution in [0.1, 0.15) is 13.3 Å². The second-order valence-electron chi connectivity index (χ2n) is 9.23. The van der Waals surface area contributed by atoms with Crippen molar-refractivity contribution in [2.45, 2.75) is 32.0 Å². The molecule has 5 aromatic rings. The van der Waals surface area contributed by atoms with Crippen molar-refractivity contribution in [1.82, 2.24) is 29.0 Å². The molecule has 0 spiro atoms. The van der Waals surface area contributed by atoms with E-state index in [0.29, 0.717) is 30.7 Å². The Bertz CT molecular complexity index is 1660. The van der Waals surface area contributed by atoms with E-state index in [1.165, 1.54) is 11.6 Å². The summed E-state index contributed by atoms with van der Waals surface area (Å²) in [5.74, 6) is 0.736. The van der Waals surface area contributed by atoms with Gasteiger partial charge in [-0.3, -0.25) is 13.9 Å². The zero-order chi connectivity index (χ0) is 25.4. The number of nitrogens with zero attached hydrogens (tertiary/aromatic N) is 4. The molecule has 0 saturated heterocycles. The molecule has 10 heteroatoms. The van der Waals surface area contributed by atoms with Crippen molar-refractivity contribution in [3.05, 3.63) is 69.6 Å². The number of benzene rings is 2. The van der Waals surface area contributed by atoms with Gasteiger partial charge in [-0.1, -0.05) is 24.3 Å². The van der Waals surface area contributed by atoms with E-state index >= 15 is 0 Å². The van der Waals surface area contributed by atoms with Gasteiger partial charge in [-0.2, -0.15) is 0 Å². The molecule has 2 unspecified atom stereocenters. The number of hydrogen-bond acceptors (Lipinski definition) is 6. The summed E-state index contributed by atoms with van der Waals surface area (Å²) < 4.78 is 10.2. The van der Waals surface area contributed by atoms with Crippen molar-refractivity contribution in [3.63, 3.8) is 0 Å². The smallest absolute Gasteiger partial charge is 0.332 e. The van der Waals surface area contributed by atoms with E-state index in [4.69, 9.17) is 4.74 Å². The maximum atomic E-state index is 12.6. The molecule has 36 heavy (non-hydrogen) atoms. The number of rotatable bonds is 9. The predicted octanol–water partition coefficient (Wildman–Crippen LogP) is 1.88. The topological polar surface area (TPSA) is 119 Å². The Labute approximate surface area is 206 Å². The van der Waals surface area contributed by atoms with Crippen LogP contribution < -0.4 is 21.3 Å². The third-order valence-electron chi connectivity index (χ3n) is 6.65. The first kappa shape index (κ1) is 23.8. The number of fused-ring (bicyclic) bond motifs is 4. The number of ether oxygens (including phenoxy) is 1.